The van der Waals surface area contributed by atoms with E-state index < -0.39 is 29.2 Å². The minimum Gasteiger partial charge on any atom is -0.452 e. The standard InChI is InChI=1S/C22H14F3O3S/c23-22(24,25)13-28-21(27)14-9-11-15(12-10-14)29-18-7-3-1-5-16(18)20(26)17-6-2-4-8-19(17)29/h1-12H,13H2/q+1. The maximum atomic E-state index is 12.8. The molecule has 0 aliphatic rings. The molecule has 146 valence electrons. The number of hydrogen-bond acceptors (Lipinski definition) is 3. The molecule has 29 heavy (non-hydrogen) atoms. The lowest BCUT2D eigenvalue weighted by Gasteiger charge is -2.08. The number of carbonyl (C=O) groups is 1. The van der Waals surface area contributed by atoms with Crippen LogP contribution in [0.2, 0.25) is 0 Å². The maximum Gasteiger partial charge on any atom is 0.422 e. The Balaban J connectivity index is 1.82. The molecular formula is C22H14F3O3S+. The first-order valence-corrected chi connectivity index (χ1v) is 9.88. The lowest BCUT2D eigenvalue weighted by molar-refractivity contribution is -0.161. The number of alkyl halides is 3. The normalized spacial score (nSPS) is 11.7. The second-order valence-corrected chi connectivity index (χ2v) is 8.31. The van der Waals surface area contributed by atoms with Crippen LogP contribution in [0.25, 0.3) is 25.1 Å². The summed E-state index contributed by atoms with van der Waals surface area (Å²) in [5, 5.41) is 1.26. The summed E-state index contributed by atoms with van der Waals surface area (Å²) in [6.07, 6.45) is -4.57. The summed E-state index contributed by atoms with van der Waals surface area (Å²) in [7, 11) is -0.571. The maximum absolute atomic E-state index is 12.8. The van der Waals surface area contributed by atoms with Crippen LogP contribution >= 0.6 is 10.5 Å². The molecule has 0 aliphatic heterocycles. The quantitative estimate of drug-likeness (QED) is 0.241. The van der Waals surface area contributed by atoms with Gasteiger partial charge in [0.2, 0.25) is 5.43 Å². The highest BCUT2D eigenvalue weighted by atomic mass is 32.2. The Hall–Kier alpha value is -3.19. The van der Waals surface area contributed by atoms with Gasteiger partial charge in [0.1, 0.15) is 0 Å². The van der Waals surface area contributed by atoms with E-state index >= 15 is 0 Å². The SMILES string of the molecule is O=C(OCC(F)(F)F)c1ccc(-[s+]2c3ccccc3c(=O)c3ccccc32)cc1. The highest BCUT2D eigenvalue weighted by Gasteiger charge is 2.30. The highest BCUT2D eigenvalue weighted by molar-refractivity contribution is 7.49. The third kappa shape index (κ3) is 3.73. The number of ether oxygens (including phenoxy) is 1. The summed E-state index contributed by atoms with van der Waals surface area (Å²) in [5.74, 6) is -1.03. The van der Waals surface area contributed by atoms with E-state index in [1.807, 2.05) is 36.4 Å². The molecule has 7 heteroatoms. The van der Waals surface area contributed by atoms with Crippen LogP contribution in [0.4, 0.5) is 13.2 Å². The Bertz CT molecular complexity index is 1210. The van der Waals surface area contributed by atoms with Gasteiger partial charge in [-0.25, -0.2) is 4.79 Å². The molecule has 0 spiro atoms. The molecule has 0 radical (unpaired) electrons. The highest BCUT2D eigenvalue weighted by Crippen LogP contribution is 2.42. The van der Waals surface area contributed by atoms with Crippen molar-refractivity contribution in [2.45, 2.75) is 6.18 Å². The zero-order chi connectivity index (χ0) is 20.6. The fourth-order valence-corrected chi connectivity index (χ4v) is 5.48. The minimum absolute atomic E-state index is 0.0349. The second-order valence-electron chi connectivity index (χ2n) is 6.34. The smallest absolute Gasteiger partial charge is 0.422 e. The topological polar surface area (TPSA) is 43.4 Å². The average molecular weight is 415 g/mol. The Morgan fingerprint density at radius 2 is 1.34 bits per heavy atom. The molecule has 0 aliphatic carbocycles. The fraction of sp³-hybridized carbons (Fsp3) is 0.0909. The van der Waals surface area contributed by atoms with Crippen LogP contribution in [0.15, 0.2) is 77.6 Å². The van der Waals surface area contributed by atoms with E-state index in [1.165, 1.54) is 12.1 Å². The van der Waals surface area contributed by atoms with Crippen LogP contribution in [-0.4, -0.2) is 18.8 Å². The molecule has 0 N–H and O–H groups in total. The van der Waals surface area contributed by atoms with E-state index in [9.17, 15) is 22.8 Å². The molecule has 0 saturated carbocycles. The van der Waals surface area contributed by atoms with E-state index in [-0.39, 0.29) is 11.0 Å². The molecule has 0 bridgehead atoms. The van der Waals surface area contributed by atoms with Gasteiger partial charge in [0.25, 0.3) is 0 Å². The number of carbonyl (C=O) groups excluding carboxylic acids is 1. The van der Waals surface area contributed by atoms with Crippen molar-refractivity contribution in [3.63, 3.8) is 0 Å². The Morgan fingerprint density at radius 1 is 0.828 bits per heavy atom. The first-order chi connectivity index (χ1) is 13.8. The second kappa shape index (κ2) is 7.33. The Morgan fingerprint density at radius 3 is 1.86 bits per heavy atom. The molecule has 0 unspecified atom stereocenters. The van der Waals surface area contributed by atoms with Crippen molar-refractivity contribution in [2.24, 2.45) is 0 Å². The summed E-state index contributed by atoms with van der Waals surface area (Å²) in [5.41, 5.74) is 0.00329. The summed E-state index contributed by atoms with van der Waals surface area (Å²) < 4.78 is 42.8. The van der Waals surface area contributed by atoms with Crippen molar-refractivity contribution in [1.82, 2.24) is 0 Å². The molecule has 4 aromatic rings. The predicted octanol–water partition coefficient (Wildman–Crippen LogP) is 5.81. The Kier molecular flexibility index (Phi) is 4.84. The molecule has 1 aromatic heterocycles. The molecule has 3 aromatic carbocycles. The molecule has 0 fully saturated rings. The van der Waals surface area contributed by atoms with Gasteiger partial charge in [-0.3, -0.25) is 4.79 Å². The van der Waals surface area contributed by atoms with Gasteiger partial charge in [-0.1, -0.05) is 24.3 Å². The number of fused-ring (bicyclic) bond motifs is 2. The van der Waals surface area contributed by atoms with E-state index in [2.05, 4.69) is 4.74 Å². The number of hydrogen-bond donors (Lipinski definition) is 0. The van der Waals surface area contributed by atoms with Crippen molar-refractivity contribution in [3.8, 4) is 4.90 Å². The molecule has 0 atom stereocenters. The number of benzene rings is 3. The van der Waals surface area contributed by atoms with Crippen molar-refractivity contribution in [2.75, 3.05) is 6.61 Å². The first kappa shape index (κ1) is 19.1. The lowest BCUT2D eigenvalue weighted by Crippen LogP contribution is -2.20. The summed E-state index contributed by atoms with van der Waals surface area (Å²) in [6.45, 7) is -1.62. The molecule has 4 rings (SSSR count). The van der Waals surface area contributed by atoms with Crippen LogP contribution in [0.1, 0.15) is 10.4 Å². The number of esters is 1. The molecular weight excluding hydrogens is 401 g/mol. The van der Waals surface area contributed by atoms with Gasteiger partial charge in [0.15, 0.2) is 20.9 Å². The largest absolute Gasteiger partial charge is 0.452 e. The third-order valence-electron chi connectivity index (χ3n) is 4.40. The van der Waals surface area contributed by atoms with Crippen LogP contribution in [0.5, 0.6) is 0 Å². The number of halogens is 3. The van der Waals surface area contributed by atoms with Crippen molar-refractivity contribution in [1.29, 1.82) is 0 Å². The van der Waals surface area contributed by atoms with Gasteiger partial charge in [0.05, 0.1) is 16.3 Å². The van der Waals surface area contributed by atoms with Gasteiger partial charge in [0, 0.05) is 10.5 Å². The fourth-order valence-electron chi connectivity index (χ4n) is 3.14. The van der Waals surface area contributed by atoms with Crippen molar-refractivity contribution < 1.29 is 22.7 Å². The van der Waals surface area contributed by atoms with Crippen LogP contribution < -0.4 is 5.43 Å². The lowest BCUT2D eigenvalue weighted by atomic mass is 10.2. The molecule has 3 nitrogen and oxygen atoms in total. The first-order valence-electron chi connectivity index (χ1n) is 8.66. The predicted molar refractivity (Wildman–Crippen MR) is 108 cm³/mol. The van der Waals surface area contributed by atoms with Crippen molar-refractivity contribution >= 4 is 36.6 Å². The van der Waals surface area contributed by atoms with Crippen LogP contribution in [0.3, 0.4) is 0 Å². The summed E-state index contributed by atoms with van der Waals surface area (Å²) >= 11 is 0. The monoisotopic (exact) mass is 415 g/mol. The molecule has 0 saturated heterocycles. The Labute approximate surface area is 165 Å². The van der Waals surface area contributed by atoms with Crippen LogP contribution in [-0.2, 0) is 4.74 Å². The van der Waals surface area contributed by atoms with Gasteiger partial charge < -0.3 is 4.74 Å². The zero-order valence-electron chi connectivity index (χ0n) is 14.9. The zero-order valence-corrected chi connectivity index (χ0v) is 15.7. The minimum atomic E-state index is -4.57. The summed E-state index contributed by atoms with van der Waals surface area (Å²) in [6, 6.07) is 21.0. The van der Waals surface area contributed by atoms with E-state index in [4.69, 9.17) is 0 Å². The van der Waals surface area contributed by atoms with Gasteiger partial charge >= 0.3 is 12.1 Å². The van der Waals surface area contributed by atoms with E-state index in [0.29, 0.717) is 10.8 Å². The third-order valence-corrected chi connectivity index (χ3v) is 6.73. The van der Waals surface area contributed by atoms with E-state index in [0.717, 1.165) is 14.3 Å². The van der Waals surface area contributed by atoms with E-state index in [1.54, 1.807) is 24.3 Å². The number of rotatable bonds is 3. The van der Waals surface area contributed by atoms with Gasteiger partial charge in [-0.2, -0.15) is 13.2 Å². The average Bonchev–Trinajstić information content (AvgIpc) is 2.72. The molecule has 0 amide bonds. The summed E-state index contributed by atoms with van der Waals surface area (Å²) in [4.78, 5) is 25.5. The van der Waals surface area contributed by atoms with Crippen LogP contribution in [0, 0.1) is 0 Å². The van der Waals surface area contributed by atoms with Gasteiger partial charge in [-0.15, -0.1) is 0 Å². The van der Waals surface area contributed by atoms with Crippen molar-refractivity contribution in [3.05, 3.63) is 88.6 Å². The molecule has 1 heterocycles. The van der Waals surface area contributed by atoms with Gasteiger partial charge in [-0.05, 0) is 48.5 Å².